The zero-order valence-corrected chi connectivity index (χ0v) is 10.9. The quantitative estimate of drug-likeness (QED) is 0.759. The molecule has 4 atom stereocenters. The van der Waals surface area contributed by atoms with E-state index in [1.54, 1.807) is 16.8 Å². The molecule has 0 saturated carbocycles. The second kappa shape index (κ2) is 4.21. The van der Waals surface area contributed by atoms with Gasteiger partial charge in [0, 0.05) is 32.1 Å². The molecule has 3 aliphatic heterocycles. The summed E-state index contributed by atoms with van der Waals surface area (Å²) in [5.41, 5.74) is 0. The highest BCUT2D eigenvalue weighted by Crippen LogP contribution is 2.43. The Balaban J connectivity index is 1.75. The van der Waals surface area contributed by atoms with Gasteiger partial charge in [0.25, 0.3) is 0 Å². The van der Waals surface area contributed by atoms with Gasteiger partial charge in [-0.25, -0.2) is 0 Å². The number of aliphatic carboxylic acids is 1. The number of carboxylic acids is 1. The second-order valence-corrected chi connectivity index (χ2v) is 5.90. The minimum Gasteiger partial charge on any atom is -0.481 e. The van der Waals surface area contributed by atoms with Crippen molar-refractivity contribution >= 4 is 17.8 Å². The monoisotopic (exact) mass is 266 g/mol. The van der Waals surface area contributed by atoms with Crippen molar-refractivity contribution in [2.24, 2.45) is 11.8 Å². The molecule has 3 heterocycles. The minimum absolute atomic E-state index is 0.000298. The van der Waals surface area contributed by atoms with E-state index in [4.69, 9.17) is 0 Å². The van der Waals surface area contributed by atoms with E-state index in [-0.39, 0.29) is 36.2 Å². The maximum Gasteiger partial charge on any atom is 0.308 e. The van der Waals surface area contributed by atoms with E-state index < -0.39 is 11.9 Å². The molecule has 3 rings (SSSR count). The van der Waals surface area contributed by atoms with E-state index in [0.717, 1.165) is 12.8 Å². The van der Waals surface area contributed by atoms with Gasteiger partial charge in [-0.15, -0.1) is 0 Å². The van der Waals surface area contributed by atoms with Gasteiger partial charge >= 0.3 is 5.97 Å². The van der Waals surface area contributed by atoms with E-state index in [2.05, 4.69) is 0 Å². The van der Waals surface area contributed by atoms with E-state index in [0.29, 0.717) is 13.0 Å². The lowest BCUT2D eigenvalue weighted by molar-refractivity contribution is -0.143. The van der Waals surface area contributed by atoms with Crippen LogP contribution in [-0.4, -0.2) is 58.4 Å². The molecule has 2 amide bonds. The zero-order chi connectivity index (χ0) is 13.7. The third-order valence-corrected chi connectivity index (χ3v) is 4.80. The van der Waals surface area contributed by atoms with Gasteiger partial charge in [-0.3, -0.25) is 14.4 Å². The smallest absolute Gasteiger partial charge is 0.308 e. The SMILES string of the molecule is CN1CC(C(=O)N2C3CCC2C(C(=O)O)C3)CC1=O. The average molecular weight is 266 g/mol. The van der Waals surface area contributed by atoms with Crippen LogP contribution in [0.4, 0.5) is 0 Å². The molecule has 6 nitrogen and oxygen atoms in total. The number of fused-ring (bicyclic) bond motifs is 2. The van der Waals surface area contributed by atoms with Crippen LogP contribution < -0.4 is 0 Å². The molecule has 0 radical (unpaired) electrons. The minimum atomic E-state index is -0.801. The number of rotatable bonds is 2. The summed E-state index contributed by atoms with van der Waals surface area (Å²) >= 11 is 0. The van der Waals surface area contributed by atoms with Gasteiger partial charge in [-0.05, 0) is 19.3 Å². The summed E-state index contributed by atoms with van der Waals surface area (Å²) in [6.07, 6.45) is 2.52. The molecule has 0 spiro atoms. The summed E-state index contributed by atoms with van der Waals surface area (Å²) in [6, 6.07) is -0.0874. The van der Waals surface area contributed by atoms with Crippen molar-refractivity contribution in [3.63, 3.8) is 0 Å². The van der Waals surface area contributed by atoms with Crippen LogP contribution in [0.5, 0.6) is 0 Å². The molecule has 0 aromatic rings. The number of likely N-dealkylation sites (tertiary alicyclic amines) is 1. The Hall–Kier alpha value is -1.59. The summed E-state index contributed by atoms with van der Waals surface area (Å²) in [7, 11) is 1.70. The number of amides is 2. The lowest BCUT2D eigenvalue weighted by atomic mass is 9.89. The summed E-state index contributed by atoms with van der Waals surface area (Å²) < 4.78 is 0. The number of carboxylic acid groups (broad SMARTS) is 1. The van der Waals surface area contributed by atoms with Crippen molar-refractivity contribution in [1.82, 2.24) is 9.80 Å². The van der Waals surface area contributed by atoms with Crippen molar-refractivity contribution in [3.8, 4) is 0 Å². The third kappa shape index (κ3) is 1.81. The molecule has 0 aliphatic carbocycles. The zero-order valence-electron chi connectivity index (χ0n) is 10.9. The maximum absolute atomic E-state index is 12.5. The van der Waals surface area contributed by atoms with Crippen LogP contribution in [0, 0.1) is 11.8 Å². The topological polar surface area (TPSA) is 77.9 Å². The number of hydrogen-bond acceptors (Lipinski definition) is 3. The molecule has 6 heteroatoms. The molecule has 3 aliphatic rings. The summed E-state index contributed by atoms with van der Waals surface area (Å²) in [5.74, 6) is -1.52. The second-order valence-electron chi connectivity index (χ2n) is 5.90. The van der Waals surface area contributed by atoms with Crippen molar-refractivity contribution < 1.29 is 19.5 Å². The fraction of sp³-hybridized carbons (Fsp3) is 0.769. The Morgan fingerprint density at radius 2 is 2.05 bits per heavy atom. The molecular weight excluding hydrogens is 248 g/mol. The van der Waals surface area contributed by atoms with Gasteiger partial charge < -0.3 is 14.9 Å². The molecule has 0 aromatic heterocycles. The van der Waals surface area contributed by atoms with Gasteiger partial charge in [-0.1, -0.05) is 0 Å². The van der Waals surface area contributed by atoms with Crippen molar-refractivity contribution in [3.05, 3.63) is 0 Å². The highest BCUT2D eigenvalue weighted by Gasteiger charge is 2.53. The van der Waals surface area contributed by atoms with Gasteiger partial charge in [-0.2, -0.15) is 0 Å². The Kier molecular flexibility index (Phi) is 2.76. The molecule has 104 valence electrons. The standard InChI is InChI=1S/C13H18N2O4/c1-14-6-7(4-11(14)16)12(17)15-8-2-3-10(15)9(5-8)13(18)19/h7-10H,2-6H2,1H3,(H,18,19). The van der Waals surface area contributed by atoms with Crippen molar-refractivity contribution in [2.75, 3.05) is 13.6 Å². The number of carbonyl (C=O) groups is 3. The normalized spacial score (nSPS) is 37.2. The van der Waals surface area contributed by atoms with Gasteiger partial charge in [0.1, 0.15) is 0 Å². The Morgan fingerprint density at radius 3 is 2.58 bits per heavy atom. The van der Waals surface area contributed by atoms with Gasteiger partial charge in [0.15, 0.2) is 0 Å². The number of nitrogens with zero attached hydrogens (tertiary/aromatic N) is 2. The Labute approximate surface area is 111 Å². The van der Waals surface area contributed by atoms with Crippen molar-refractivity contribution in [2.45, 2.75) is 37.8 Å². The largest absolute Gasteiger partial charge is 0.481 e. The predicted octanol–water partition coefficient (Wildman–Crippen LogP) is -0.0712. The number of carbonyl (C=O) groups excluding carboxylic acids is 2. The van der Waals surface area contributed by atoms with Crippen LogP contribution >= 0.6 is 0 Å². The lowest BCUT2D eigenvalue weighted by Crippen LogP contribution is -2.42. The van der Waals surface area contributed by atoms with Crippen LogP contribution in [0.25, 0.3) is 0 Å². The first-order valence-corrected chi connectivity index (χ1v) is 6.78. The fourth-order valence-electron chi connectivity index (χ4n) is 3.84. The predicted molar refractivity (Wildman–Crippen MR) is 65.1 cm³/mol. The first kappa shape index (κ1) is 12.4. The summed E-state index contributed by atoms with van der Waals surface area (Å²) in [6.45, 7) is 0.464. The molecule has 19 heavy (non-hydrogen) atoms. The van der Waals surface area contributed by atoms with E-state index in [9.17, 15) is 19.5 Å². The first-order valence-electron chi connectivity index (χ1n) is 6.78. The van der Waals surface area contributed by atoms with Crippen LogP contribution in [0.1, 0.15) is 25.7 Å². The maximum atomic E-state index is 12.5. The highest BCUT2D eigenvalue weighted by molar-refractivity contribution is 5.90. The molecule has 3 fully saturated rings. The molecule has 2 bridgehead atoms. The van der Waals surface area contributed by atoms with Crippen molar-refractivity contribution in [1.29, 1.82) is 0 Å². The van der Waals surface area contributed by atoms with Crippen LogP contribution in [0.15, 0.2) is 0 Å². The van der Waals surface area contributed by atoms with E-state index in [1.807, 2.05) is 0 Å². The van der Waals surface area contributed by atoms with E-state index >= 15 is 0 Å². The average Bonchev–Trinajstić information content (AvgIpc) is 3.02. The van der Waals surface area contributed by atoms with Crippen LogP contribution in [0.3, 0.4) is 0 Å². The summed E-state index contributed by atoms with van der Waals surface area (Å²) in [5, 5.41) is 9.18. The Morgan fingerprint density at radius 1 is 1.32 bits per heavy atom. The lowest BCUT2D eigenvalue weighted by Gasteiger charge is -2.25. The molecule has 3 saturated heterocycles. The van der Waals surface area contributed by atoms with Crippen LogP contribution in [0.2, 0.25) is 0 Å². The first-order chi connectivity index (χ1) is 8.99. The van der Waals surface area contributed by atoms with E-state index in [1.165, 1.54) is 0 Å². The summed E-state index contributed by atoms with van der Waals surface area (Å²) in [4.78, 5) is 38.6. The van der Waals surface area contributed by atoms with Crippen LogP contribution in [-0.2, 0) is 14.4 Å². The molecule has 1 N–H and O–H groups in total. The molecule has 0 aromatic carbocycles. The van der Waals surface area contributed by atoms with Gasteiger partial charge in [0.2, 0.25) is 11.8 Å². The number of hydrogen-bond donors (Lipinski definition) is 1. The van der Waals surface area contributed by atoms with Gasteiger partial charge in [0.05, 0.1) is 11.8 Å². The molecular formula is C13H18N2O4. The highest BCUT2D eigenvalue weighted by atomic mass is 16.4. The molecule has 4 unspecified atom stereocenters. The third-order valence-electron chi connectivity index (χ3n) is 4.80. The fourth-order valence-corrected chi connectivity index (χ4v) is 3.84. The Bertz CT molecular complexity index is 450.